The van der Waals surface area contributed by atoms with Crippen molar-refractivity contribution < 1.29 is 4.99 Å². The predicted octanol–water partition coefficient (Wildman–Crippen LogP) is 4.49. The van der Waals surface area contributed by atoms with Gasteiger partial charge in [-0.05, 0) is 66.3 Å². The number of rotatable bonds is 3. The SMILES string of the molecule is C=C1C=CC(=[NH+]c2ccc(N=C3C=CC(=Nc4ccccc4)C=C3)cc2)C=C1. The molecule has 0 heterocycles. The Bertz CT molecular complexity index is 1050. The minimum atomic E-state index is 0.902. The quantitative estimate of drug-likeness (QED) is 0.782. The fourth-order valence-corrected chi connectivity index (χ4v) is 2.78. The minimum Gasteiger partial charge on any atom is -0.249 e. The Morgan fingerprint density at radius 3 is 1.68 bits per heavy atom. The predicted molar refractivity (Wildman–Crippen MR) is 118 cm³/mol. The highest BCUT2D eigenvalue weighted by Crippen LogP contribution is 2.16. The van der Waals surface area contributed by atoms with Crippen LogP contribution in [-0.2, 0) is 0 Å². The lowest BCUT2D eigenvalue weighted by Gasteiger charge is -2.03. The molecule has 2 aromatic rings. The van der Waals surface area contributed by atoms with Gasteiger partial charge >= 0.3 is 0 Å². The lowest BCUT2D eigenvalue weighted by Crippen LogP contribution is -2.65. The van der Waals surface area contributed by atoms with Crippen molar-refractivity contribution in [2.75, 3.05) is 0 Å². The largest absolute Gasteiger partial charge is 0.249 e. The number of aliphatic imine (C=N–C) groups is 2. The fraction of sp³-hybridized carbons (Fsp3) is 0. The second-order valence-corrected chi connectivity index (χ2v) is 6.44. The van der Waals surface area contributed by atoms with E-state index in [-0.39, 0.29) is 0 Å². The molecule has 28 heavy (non-hydrogen) atoms. The minimum absolute atomic E-state index is 0.902. The number of para-hydroxylation sites is 1. The van der Waals surface area contributed by atoms with Gasteiger partial charge in [-0.2, -0.15) is 0 Å². The average Bonchev–Trinajstić information content (AvgIpc) is 2.73. The fourth-order valence-electron chi connectivity index (χ4n) is 2.78. The van der Waals surface area contributed by atoms with Crippen LogP contribution in [0.5, 0.6) is 0 Å². The monoisotopic (exact) mass is 362 g/mol. The highest BCUT2D eigenvalue weighted by atomic mass is 14.8. The molecule has 3 heteroatoms. The topological polar surface area (TPSA) is 38.7 Å². The third kappa shape index (κ3) is 4.65. The van der Waals surface area contributed by atoms with Crippen molar-refractivity contribution in [2.45, 2.75) is 0 Å². The molecule has 0 radical (unpaired) electrons. The maximum Gasteiger partial charge on any atom is 0.204 e. The van der Waals surface area contributed by atoms with Gasteiger partial charge in [-0.3, -0.25) is 0 Å². The van der Waals surface area contributed by atoms with Crippen LogP contribution < -0.4 is 4.99 Å². The second kappa shape index (κ2) is 8.23. The number of hydrogen-bond acceptors (Lipinski definition) is 2. The highest BCUT2D eigenvalue weighted by molar-refractivity contribution is 6.19. The van der Waals surface area contributed by atoms with Gasteiger partial charge < -0.3 is 0 Å². The van der Waals surface area contributed by atoms with E-state index in [2.05, 4.69) is 21.6 Å². The van der Waals surface area contributed by atoms with E-state index >= 15 is 0 Å². The van der Waals surface area contributed by atoms with Crippen LogP contribution in [0.1, 0.15) is 0 Å². The van der Waals surface area contributed by atoms with Crippen molar-refractivity contribution in [1.82, 2.24) is 0 Å². The Balaban J connectivity index is 1.45. The third-order valence-electron chi connectivity index (χ3n) is 4.23. The van der Waals surface area contributed by atoms with Crippen LogP contribution in [0, 0.1) is 0 Å². The molecule has 134 valence electrons. The highest BCUT2D eigenvalue weighted by Gasteiger charge is 2.04. The molecule has 0 fully saturated rings. The summed E-state index contributed by atoms with van der Waals surface area (Å²) in [7, 11) is 0. The van der Waals surface area contributed by atoms with E-state index in [1.807, 2.05) is 103 Å². The molecule has 0 amide bonds. The zero-order valence-electron chi connectivity index (χ0n) is 15.4. The van der Waals surface area contributed by atoms with Gasteiger partial charge in [-0.1, -0.05) is 24.8 Å². The van der Waals surface area contributed by atoms with Gasteiger partial charge in [-0.25, -0.2) is 15.0 Å². The molecule has 2 aromatic carbocycles. The summed E-state index contributed by atoms with van der Waals surface area (Å²) in [4.78, 5) is 12.6. The molecule has 0 spiro atoms. The summed E-state index contributed by atoms with van der Waals surface area (Å²) >= 11 is 0. The van der Waals surface area contributed by atoms with Crippen molar-refractivity contribution >= 4 is 34.2 Å². The van der Waals surface area contributed by atoms with E-state index < -0.39 is 0 Å². The van der Waals surface area contributed by atoms with E-state index in [1.54, 1.807) is 0 Å². The van der Waals surface area contributed by atoms with Gasteiger partial charge in [0.05, 0.1) is 22.8 Å². The molecule has 4 rings (SSSR count). The van der Waals surface area contributed by atoms with E-state index in [0.29, 0.717) is 0 Å². The van der Waals surface area contributed by atoms with Crippen molar-refractivity contribution in [3.63, 3.8) is 0 Å². The summed E-state index contributed by atoms with van der Waals surface area (Å²) in [6, 6.07) is 18.0. The Kier molecular flexibility index (Phi) is 5.16. The molecule has 0 atom stereocenters. The number of benzene rings is 2. The molecule has 0 unspecified atom stereocenters. The number of hydrogen-bond donors (Lipinski definition) is 1. The average molecular weight is 362 g/mol. The molecule has 1 N–H and O–H groups in total. The Morgan fingerprint density at radius 2 is 1.11 bits per heavy atom. The molecule has 0 bridgehead atoms. The second-order valence-electron chi connectivity index (χ2n) is 6.44. The third-order valence-corrected chi connectivity index (χ3v) is 4.23. The summed E-state index contributed by atoms with van der Waals surface area (Å²) in [6.07, 6.45) is 15.9. The van der Waals surface area contributed by atoms with Gasteiger partial charge in [-0.15, -0.1) is 0 Å². The van der Waals surface area contributed by atoms with E-state index in [9.17, 15) is 0 Å². The first kappa shape index (κ1) is 17.6. The molecule has 0 saturated heterocycles. The van der Waals surface area contributed by atoms with E-state index in [0.717, 1.165) is 39.8 Å². The van der Waals surface area contributed by atoms with Gasteiger partial charge in [0.15, 0.2) is 0 Å². The summed E-state index contributed by atoms with van der Waals surface area (Å²) < 4.78 is 0. The smallest absolute Gasteiger partial charge is 0.204 e. The van der Waals surface area contributed by atoms with Crippen LogP contribution in [0.25, 0.3) is 0 Å². The van der Waals surface area contributed by atoms with Crippen molar-refractivity contribution in [1.29, 1.82) is 0 Å². The summed E-state index contributed by atoms with van der Waals surface area (Å²) in [6.45, 7) is 3.90. The van der Waals surface area contributed by atoms with Crippen molar-refractivity contribution in [2.24, 2.45) is 9.98 Å². The maximum absolute atomic E-state index is 4.67. The number of nitrogens with one attached hydrogen (secondary N) is 1. The Morgan fingerprint density at radius 1 is 0.571 bits per heavy atom. The van der Waals surface area contributed by atoms with Crippen LogP contribution in [0.2, 0.25) is 0 Å². The molecular formula is C25H20N3+. The van der Waals surface area contributed by atoms with Crippen LogP contribution in [0.3, 0.4) is 0 Å². The first-order valence-corrected chi connectivity index (χ1v) is 9.12. The summed E-state index contributed by atoms with van der Waals surface area (Å²) in [5.41, 5.74) is 6.73. The van der Waals surface area contributed by atoms with Crippen molar-refractivity contribution in [3.05, 3.63) is 115 Å². The standard InChI is InChI=1S/C25H19N3/c1-19-7-9-21(10-8-19)27-23-15-17-25(18-16-23)28-24-13-11-22(12-14-24)26-20-5-3-2-4-6-20/h2-18H,1H2/p+1. The lowest BCUT2D eigenvalue weighted by molar-refractivity contribution is -0.351. The molecular weight excluding hydrogens is 342 g/mol. The van der Waals surface area contributed by atoms with Crippen LogP contribution >= 0.6 is 0 Å². The molecule has 2 aliphatic rings. The first-order valence-electron chi connectivity index (χ1n) is 9.12. The lowest BCUT2D eigenvalue weighted by atomic mass is 10.1. The summed E-state index contributed by atoms with van der Waals surface area (Å²) in [5.74, 6) is 0. The summed E-state index contributed by atoms with van der Waals surface area (Å²) in [5, 5.41) is 0. The van der Waals surface area contributed by atoms with Crippen LogP contribution in [-0.4, -0.2) is 17.1 Å². The first-order chi connectivity index (χ1) is 13.7. The zero-order valence-corrected chi connectivity index (χ0v) is 15.4. The molecule has 0 aliphatic heterocycles. The van der Waals surface area contributed by atoms with E-state index in [4.69, 9.17) is 0 Å². The maximum atomic E-state index is 4.67. The van der Waals surface area contributed by atoms with Crippen molar-refractivity contribution in [3.8, 4) is 0 Å². The molecule has 0 aromatic heterocycles. The number of nitrogens with zero attached hydrogens (tertiary/aromatic N) is 2. The Hall–Kier alpha value is -3.85. The Labute approximate surface area is 164 Å². The molecule has 3 nitrogen and oxygen atoms in total. The zero-order chi connectivity index (χ0) is 19.2. The molecule has 0 saturated carbocycles. The molecule has 2 aliphatic carbocycles. The van der Waals surface area contributed by atoms with Gasteiger partial charge in [0.25, 0.3) is 0 Å². The van der Waals surface area contributed by atoms with Gasteiger partial charge in [0, 0.05) is 24.3 Å². The van der Waals surface area contributed by atoms with Crippen LogP contribution in [0.15, 0.2) is 125 Å². The van der Waals surface area contributed by atoms with Crippen LogP contribution in [0.4, 0.5) is 17.1 Å². The van der Waals surface area contributed by atoms with Gasteiger partial charge in [0.2, 0.25) is 11.4 Å². The van der Waals surface area contributed by atoms with E-state index in [1.165, 1.54) is 0 Å². The normalized spacial score (nSPS) is 15.1. The van der Waals surface area contributed by atoms with Gasteiger partial charge in [0.1, 0.15) is 0 Å². The number of allylic oxidation sites excluding steroid dienone is 9.